The highest BCUT2D eigenvalue weighted by Crippen LogP contribution is 2.52. The number of halogens is 2. The van der Waals surface area contributed by atoms with E-state index < -0.39 is 5.92 Å². The molecule has 1 nitrogen and oxygen atoms in total. The number of piperidine rings is 1. The van der Waals surface area contributed by atoms with Crippen LogP contribution in [-0.4, -0.2) is 30.0 Å². The van der Waals surface area contributed by atoms with Crippen molar-refractivity contribution in [2.45, 2.75) is 25.3 Å². The first-order chi connectivity index (χ1) is 4.65. The van der Waals surface area contributed by atoms with Crippen molar-refractivity contribution in [3.63, 3.8) is 0 Å². The molecular weight excluding hydrogens is 136 g/mol. The molecule has 1 saturated heterocycles. The molecule has 0 bridgehead atoms. The van der Waals surface area contributed by atoms with Gasteiger partial charge in [0.1, 0.15) is 0 Å². The zero-order chi connectivity index (χ0) is 7.35. The van der Waals surface area contributed by atoms with Gasteiger partial charge in [0.15, 0.2) is 0 Å². The molecule has 3 heteroatoms. The lowest BCUT2D eigenvalue weighted by molar-refractivity contribution is -0.0158. The van der Waals surface area contributed by atoms with Crippen molar-refractivity contribution in [3.05, 3.63) is 0 Å². The van der Waals surface area contributed by atoms with E-state index in [2.05, 4.69) is 0 Å². The largest absolute Gasteiger partial charge is 0.294 e. The highest BCUT2D eigenvalue weighted by molar-refractivity contribution is 5.09. The van der Waals surface area contributed by atoms with Crippen LogP contribution in [0, 0.1) is 5.92 Å². The number of nitrogens with zero attached hydrogens (tertiary/aromatic N) is 1. The predicted molar refractivity (Wildman–Crippen MR) is 34.1 cm³/mol. The van der Waals surface area contributed by atoms with Gasteiger partial charge in [0, 0.05) is 12.0 Å². The molecule has 1 heterocycles. The zero-order valence-electron chi connectivity index (χ0n) is 5.98. The first-order valence-corrected chi connectivity index (χ1v) is 3.77. The Bertz CT molecular complexity index is 158. The summed E-state index contributed by atoms with van der Waals surface area (Å²) in [5.74, 6) is -2.67. The molecule has 2 atom stereocenters. The number of rotatable bonds is 1. The molecule has 10 heavy (non-hydrogen) atoms. The molecule has 2 rings (SSSR count). The van der Waals surface area contributed by atoms with E-state index in [-0.39, 0.29) is 18.5 Å². The maximum Gasteiger partial charge on any atom is 0.264 e. The molecule has 0 aromatic rings. The van der Waals surface area contributed by atoms with Crippen molar-refractivity contribution in [3.8, 4) is 0 Å². The van der Waals surface area contributed by atoms with Gasteiger partial charge in [-0.1, -0.05) is 6.92 Å². The van der Waals surface area contributed by atoms with E-state index in [0.717, 1.165) is 13.0 Å². The molecule has 1 unspecified atom stereocenters. The minimum Gasteiger partial charge on any atom is -0.294 e. The van der Waals surface area contributed by atoms with Gasteiger partial charge in [-0.05, 0) is 13.0 Å². The second kappa shape index (κ2) is 1.70. The molecule has 0 N–H and O–H groups in total. The van der Waals surface area contributed by atoms with E-state index in [0.29, 0.717) is 0 Å². The van der Waals surface area contributed by atoms with Gasteiger partial charge in [0.25, 0.3) is 5.92 Å². The standard InChI is InChI=1S/C7H11F2N/c1-2-10-4-7(8,9)5-3-6(5)10/h5-6H,2-4H2,1H3/t5?,6-/m1/s1. The Morgan fingerprint density at radius 1 is 1.60 bits per heavy atom. The van der Waals surface area contributed by atoms with Crippen LogP contribution in [-0.2, 0) is 0 Å². The zero-order valence-corrected chi connectivity index (χ0v) is 5.98. The Morgan fingerprint density at radius 2 is 2.30 bits per heavy atom. The average Bonchev–Trinajstić information content (AvgIpc) is 2.57. The summed E-state index contributed by atoms with van der Waals surface area (Å²) in [6.45, 7) is 2.71. The Hall–Kier alpha value is -0.180. The Kier molecular flexibility index (Phi) is 1.11. The smallest absolute Gasteiger partial charge is 0.264 e. The minimum atomic E-state index is -2.37. The van der Waals surface area contributed by atoms with E-state index in [9.17, 15) is 8.78 Å². The third-order valence-corrected chi connectivity index (χ3v) is 2.59. The van der Waals surface area contributed by atoms with Crippen molar-refractivity contribution in [2.75, 3.05) is 13.1 Å². The third kappa shape index (κ3) is 0.698. The van der Waals surface area contributed by atoms with Crippen LogP contribution >= 0.6 is 0 Å². The summed E-state index contributed by atoms with van der Waals surface area (Å²) in [5.41, 5.74) is 0. The topological polar surface area (TPSA) is 3.24 Å². The highest BCUT2D eigenvalue weighted by atomic mass is 19.3. The second-order valence-electron chi connectivity index (χ2n) is 3.23. The van der Waals surface area contributed by atoms with E-state index in [1.165, 1.54) is 0 Å². The van der Waals surface area contributed by atoms with Crippen molar-refractivity contribution in [1.29, 1.82) is 0 Å². The Balaban J connectivity index is 2.09. The maximum atomic E-state index is 12.8. The first kappa shape index (κ1) is 6.53. The first-order valence-electron chi connectivity index (χ1n) is 3.77. The Labute approximate surface area is 59.0 Å². The van der Waals surface area contributed by atoms with E-state index in [1.807, 2.05) is 11.8 Å². The van der Waals surface area contributed by atoms with Crippen LogP contribution in [0.5, 0.6) is 0 Å². The molecule has 0 radical (unpaired) electrons. The summed E-state index contributed by atoms with van der Waals surface area (Å²) in [6, 6.07) is 0.222. The van der Waals surface area contributed by atoms with Crippen molar-refractivity contribution in [1.82, 2.24) is 4.90 Å². The van der Waals surface area contributed by atoms with E-state index in [1.54, 1.807) is 0 Å². The molecule has 1 saturated carbocycles. The van der Waals surface area contributed by atoms with E-state index >= 15 is 0 Å². The van der Waals surface area contributed by atoms with Crippen molar-refractivity contribution < 1.29 is 8.78 Å². The van der Waals surface area contributed by atoms with Gasteiger partial charge >= 0.3 is 0 Å². The van der Waals surface area contributed by atoms with Crippen molar-refractivity contribution >= 4 is 0 Å². The number of hydrogen-bond acceptors (Lipinski definition) is 1. The summed E-state index contributed by atoms with van der Waals surface area (Å²) >= 11 is 0. The van der Waals surface area contributed by atoms with Gasteiger partial charge in [-0.2, -0.15) is 0 Å². The maximum absolute atomic E-state index is 12.8. The fraction of sp³-hybridized carbons (Fsp3) is 1.00. The van der Waals surface area contributed by atoms with Gasteiger partial charge in [-0.25, -0.2) is 8.78 Å². The number of hydrogen-bond donors (Lipinski definition) is 0. The average molecular weight is 147 g/mol. The third-order valence-electron chi connectivity index (χ3n) is 2.59. The number of alkyl halides is 2. The van der Waals surface area contributed by atoms with Crippen LogP contribution in [0.4, 0.5) is 8.78 Å². The quantitative estimate of drug-likeness (QED) is 0.541. The van der Waals surface area contributed by atoms with E-state index in [4.69, 9.17) is 0 Å². The van der Waals surface area contributed by atoms with Gasteiger partial charge in [0.2, 0.25) is 0 Å². The molecule has 1 aliphatic carbocycles. The summed E-state index contributed by atoms with van der Waals surface area (Å²) in [7, 11) is 0. The predicted octanol–water partition coefficient (Wildman–Crippen LogP) is 1.35. The lowest BCUT2D eigenvalue weighted by Crippen LogP contribution is -2.30. The summed E-state index contributed by atoms with van der Waals surface area (Å²) in [6.07, 6.45) is 0.723. The lowest BCUT2D eigenvalue weighted by atomic mass is 10.2. The SMILES string of the molecule is CCN1CC(F)(F)C2C[C@H]21. The van der Waals surface area contributed by atoms with Gasteiger partial charge in [-0.3, -0.25) is 4.90 Å². The number of fused-ring (bicyclic) bond motifs is 1. The minimum absolute atomic E-state index is 0.00116. The molecular formula is C7H11F2N. The van der Waals surface area contributed by atoms with Gasteiger partial charge < -0.3 is 0 Å². The monoisotopic (exact) mass is 147 g/mol. The van der Waals surface area contributed by atoms with Crippen LogP contribution in [0.1, 0.15) is 13.3 Å². The molecule has 0 aromatic heterocycles. The molecule has 0 spiro atoms. The van der Waals surface area contributed by atoms with Gasteiger partial charge in [0.05, 0.1) is 6.54 Å². The highest BCUT2D eigenvalue weighted by Gasteiger charge is 2.63. The summed E-state index contributed by atoms with van der Waals surface area (Å²) in [4.78, 5) is 1.88. The number of likely N-dealkylation sites (tertiary alicyclic amines) is 1. The molecule has 58 valence electrons. The van der Waals surface area contributed by atoms with Crippen LogP contribution < -0.4 is 0 Å². The molecule has 2 fully saturated rings. The van der Waals surface area contributed by atoms with Crippen LogP contribution in [0.2, 0.25) is 0 Å². The summed E-state index contributed by atoms with van der Waals surface area (Å²) in [5, 5.41) is 0. The lowest BCUT2D eigenvalue weighted by Gasteiger charge is -2.17. The molecule has 2 aliphatic rings. The van der Waals surface area contributed by atoms with Crippen LogP contribution in [0.15, 0.2) is 0 Å². The summed E-state index contributed by atoms with van der Waals surface area (Å²) < 4.78 is 25.6. The van der Waals surface area contributed by atoms with Crippen LogP contribution in [0.3, 0.4) is 0 Å². The molecule has 1 aliphatic heterocycles. The van der Waals surface area contributed by atoms with Gasteiger partial charge in [-0.15, -0.1) is 0 Å². The fourth-order valence-electron chi connectivity index (χ4n) is 1.89. The fourth-order valence-corrected chi connectivity index (χ4v) is 1.89. The molecule has 0 aromatic carbocycles. The van der Waals surface area contributed by atoms with Crippen LogP contribution in [0.25, 0.3) is 0 Å². The second-order valence-corrected chi connectivity index (χ2v) is 3.23. The Morgan fingerprint density at radius 3 is 2.50 bits per heavy atom. The normalized spacial score (nSPS) is 43.5. The molecule has 0 amide bonds. The van der Waals surface area contributed by atoms with Crippen molar-refractivity contribution in [2.24, 2.45) is 5.92 Å².